The van der Waals surface area contributed by atoms with Gasteiger partial charge in [0.1, 0.15) is 11.6 Å². The molecule has 0 N–H and O–H groups in total. The van der Waals surface area contributed by atoms with Crippen LogP contribution in [0.1, 0.15) is 24.7 Å². The van der Waals surface area contributed by atoms with Crippen molar-refractivity contribution in [3.8, 4) is 22.8 Å². The number of carbonyl (C=O) groups is 1. The third-order valence-corrected chi connectivity index (χ3v) is 6.05. The molecule has 4 aromatic rings. The molecule has 1 aliphatic rings. The molecule has 8 heteroatoms. The maximum Gasteiger partial charge on any atom is 0.246 e. The number of likely N-dealkylation sites (tertiary alicyclic amines) is 1. The zero-order chi connectivity index (χ0) is 22.9. The lowest BCUT2D eigenvalue weighted by Gasteiger charge is -2.22. The first kappa shape index (κ1) is 21.2. The van der Waals surface area contributed by atoms with Gasteiger partial charge in [-0.05, 0) is 55.3 Å². The summed E-state index contributed by atoms with van der Waals surface area (Å²) in [7, 11) is 0. The number of aromatic nitrogens is 3. The van der Waals surface area contributed by atoms with Gasteiger partial charge in [0, 0.05) is 24.5 Å². The summed E-state index contributed by atoms with van der Waals surface area (Å²) in [4.78, 5) is 23.3. The van der Waals surface area contributed by atoms with Gasteiger partial charge in [-0.25, -0.2) is 9.37 Å². The van der Waals surface area contributed by atoms with E-state index in [9.17, 15) is 9.18 Å². The maximum atomic E-state index is 14.2. The number of carbonyl (C=O) groups excluding carboxylic acids is 1. The Hall–Kier alpha value is -3.71. The monoisotopic (exact) mass is 462 g/mol. The van der Waals surface area contributed by atoms with Gasteiger partial charge in [0.2, 0.25) is 5.91 Å². The number of imidazole rings is 1. The Kier molecular flexibility index (Phi) is 5.56. The quantitative estimate of drug-likeness (QED) is 0.350. The summed E-state index contributed by atoms with van der Waals surface area (Å²) in [5.41, 5.74) is 2.43. The SMILES string of the molecule is C=CC(=O)N1CCCC1c1nc(-c2ccc(Oc3cccc(Cl)c3F)cc2)c2cnccn12. The highest BCUT2D eigenvalue weighted by Crippen LogP contribution is 2.36. The first-order valence-corrected chi connectivity index (χ1v) is 10.9. The molecule has 0 radical (unpaired) electrons. The van der Waals surface area contributed by atoms with Gasteiger partial charge in [-0.3, -0.25) is 14.2 Å². The van der Waals surface area contributed by atoms with E-state index in [0.29, 0.717) is 12.3 Å². The molecule has 0 spiro atoms. The maximum absolute atomic E-state index is 14.2. The number of ether oxygens (including phenoxy) is 1. The molecule has 1 aliphatic heterocycles. The molecule has 3 heterocycles. The van der Waals surface area contributed by atoms with Gasteiger partial charge < -0.3 is 9.64 Å². The van der Waals surface area contributed by atoms with E-state index in [1.807, 2.05) is 27.6 Å². The molecule has 1 atom stereocenters. The van der Waals surface area contributed by atoms with E-state index < -0.39 is 5.82 Å². The molecule has 1 amide bonds. The van der Waals surface area contributed by atoms with Gasteiger partial charge >= 0.3 is 0 Å². The highest BCUT2D eigenvalue weighted by Gasteiger charge is 2.32. The fourth-order valence-electron chi connectivity index (χ4n) is 4.20. The van der Waals surface area contributed by atoms with E-state index in [1.54, 1.807) is 30.6 Å². The number of halogens is 2. The second kappa shape index (κ2) is 8.67. The van der Waals surface area contributed by atoms with Crippen LogP contribution < -0.4 is 4.74 Å². The van der Waals surface area contributed by atoms with Gasteiger partial charge in [0.25, 0.3) is 0 Å². The Labute approximate surface area is 194 Å². The summed E-state index contributed by atoms with van der Waals surface area (Å²) in [6.07, 6.45) is 8.40. The molecule has 1 unspecified atom stereocenters. The molecule has 0 bridgehead atoms. The molecular weight excluding hydrogens is 443 g/mol. The minimum absolute atomic E-state index is 0.00419. The van der Waals surface area contributed by atoms with E-state index in [4.69, 9.17) is 21.3 Å². The minimum atomic E-state index is -0.603. The van der Waals surface area contributed by atoms with Crippen LogP contribution in [0.4, 0.5) is 4.39 Å². The van der Waals surface area contributed by atoms with Crippen LogP contribution in [0.25, 0.3) is 16.8 Å². The molecular formula is C25H20ClFN4O2. The zero-order valence-electron chi connectivity index (χ0n) is 17.6. The van der Waals surface area contributed by atoms with Crippen molar-refractivity contribution in [2.45, 2.75) is 18.9 Å². The van der Waals surface area contributed by atoms with Crippen molar-refractivity contribution in [2.75, 3.05) is 6.54 Å². The Morgan fingerprint density at radius 2 is 2.06 bits per heavy atom. The van der Waals surface area contributed by atoms with E-state index in [2.05, 4.69) is 11.6 Å². The van der Waals surface area contributed by atoms with Crippen LogP contribution in [0.15, 0.2) is 73.7 Å². The Morgan fingerprint density at radius 3 is 2.85 bits per heavy atom. The number of hydrogen-bond donors (Lipinski definition) is 0. The number of rotatable bonds is 5. The largest absolute Gasteiger partial charge is 0.454 e. The number of fused-ring (bicyclic) bond motifs is 1. The van der Waals surface area contributed by atoms with Gasteiger partial charge in [-0.15, -0.1) is 0 Å². The molecule has 1 fully saturated rings. The molecule has 2 aromatic heterocycles. The van der Waals surface area contributed by atoms with Crippen molar-refractivity contribution in [3.63, 3.8) is 0 Å². The number of benzene rings is 2. The second-order valence-corrected chi connectivity index (χ2v) is 8.13. The highest BCUT2D eigenvalue weighted by atomic mass is 35.5. The smallest absolute Gasteiger partial charge is 0.246 e. The van der Waals surface area contributed by atoms with Gasteiger partial charge in [0.05, 0.1) is 28.5 Å². The van der Waals surface area contributed by atoms with Gasteiger partial charge in [-0.1, -0.05) is 24.2 Å². The number of amides is 1. The molecule has 5 rings (SSSR count). The van der Waals surface area contributed by atoms with Crippen molar-refractivity contribution >= 4 is 23.0 Å². The minimum Gasteiger partial charge on any atom is -0.454 e. The van der Waals surface area contributed by atoms with Crippen molar-refractivity contribution in [1.82, 2.24) is 19.3 Å². The van der Waals surface area contributed by atoms with E-state index in [-0.39, 0.29) is 22.7 Å². The Morgan fingerprint density at radius 1 is 1.24 bits per heavy atom. The van der Waals surface area contributed by atoms with Crippen molar-refractivity contribution in [2.24, 2.45) is 0 Å². The van der Waals surface area contributed by atoms with E-state index in [0.717, 1.165) is 35.4 Å². The third kappa shape index (κ3) is 3.85. The summed E-state index contributed by atoms with van der Waals surface area (Å²) in [5.74, 6) is 0.619. The first-order valence-electron chi connectivity index (χ1n) is 10.5. The second-order valence-electron chi connectivity index (χ2n) is 7.72. The van der Waals surface area contributed by atoms with Crippen LogP contribution in [0.3, 0.4) is 0 Å². The summed E-state index contributed by atoms with van der Waals surface area (Å²) in [6, 6.07) is 11.7. The molecule has 166 valence electrons. The van der Waals surface area contributed by atoms with Crippen LogP contribution in [-0.2, 0) is 4.79 Å². The first-order chi connectivity index (χ1) is 16.1. The van der Waals surface area contributed by atoms with Crippen LogP contribution in [-0.4, -0.2) is 31.7 Å². The molecule has 1 saturated heterocycles. The van der Waals surface area contributed by atoms with Crippen LogP contribution in [0, 0.1) is 5.82 Å². The van der Waals surface area contributed by atoms with Gasteiger partial charge in [-0.2, -0.15) is 0 Å². The highest BCUT2D eigenvalue weighted by molar-refractivity contribution is 6.30. The van der Waals surface area contributed by atoms with Gasteiger partial charge in [0.15, 0.2) is 11.6 Å². The Balaban J connectivity index is 1.50. The standard InChI is InChI=1S/C25H20ClFN4O2/c1-2-22(32)30-13-4-6-19(30)25-29-24(20-15-28-12-14-31(20)25)16-8-10-17(11-9-16)33-21-7-3-5-18(26)23(21)27/h2-3,5,7-12,14-15,19H,1,4,6,13H2. The van der Waals surface area contributed by atoms with Crippen molar-refractivity contribution < 1.29 is 13.9 Å². The predicted octanol–water partition coefficient (Wildman–Crippen LogP) is 5.83. The molecule has 2 aromatic carbocycles. The fourth-order valence-corrected chi connectivity index (χ4v) is 4.36. The normalized spacial score (nSPS) is 15.7. The average Bonchev–Trinajstić information content (AvgIpc) is 3.47. The van der Waals surface area contributed by atoms with E-state index in [1.165, 1.54) is 18.2 Å². The van der Waals surface area contributed by atoms with Crippen molar-refractivity contribution in [3.05, 3.63) is 90.4 Å². The predicted molar refractivity (Wildman–Crippen MR) is 124 cm³/mol. The van der Waals surface area contributed by atoms with E-state index >= 15 is 0 Å². The Bertz CT molecular complexity index is 1350. The fraction of sp³-hybridized carbons (Fsp3) is 0.160. The van der Waals surface area contributed by atoms with Crippen molar-refractivity contribution in [1.29, 1.82) is 0 Å². The van der Waals surface area contributed by atoms with Crippen LogP contribution >= 0.6 is 11.6 Å². The molecule has 0 aliphatic carbocycles. The summed E-state index contributed by atoms with van der Waals surface area (Å²) in [5, 5.41) is 0.00419. The number of nitrogens with zero attached hydrogens (tertiary/aromatic N) is 4. The van der Waals surface area contributed by atoms with Crippen LogP contribution in [0.5, 0.6) is 11.5 Å². The summed E-state index contributed by atoms with van der Waals surface area (Å²) < 4.78 is 21.8. The molecule has 6 nitrogen and oxygen atoms in total. The lowest BCUT2D eigenvalue weighted by atomic mass is 10.1. The summed E-state index contributed by atoms with van der Waals surface area (Å²) in [6.45, 7) is 4.30. The number of hydrogen-bond acceptors (Lipinski definition) is 4. The third-order valence-electron chi connectivity index (χ3n) is 5.75. The average molecular weight is 463 g/mol. The topological polar surface area (TPSA) is 59.7 Å². The zero-order valence-corrected chi connectivity index (χ0v) is 18.4. The summed E-state index contributed by atoms with van der Waals surface area (Å²) >= 11 is 5.83. The van der Waals surface area contributed by atoms with Crippen LogP contribution in [0.2, 0.25) is 5.02 Å². The lowest BCUT2D eigenvalue weighted by molar-refractivity contribution is -0.127. The molecule has 33 heavy (non-hydrogen) atoms. The lowest BCUT2D eigenvalue weighted by Crippen LogP contribution is -2.29. The molecule has 0 saturated carbocycles.